The van der Waals surface area contributed by atoms with E-state index in [4.69, 9.17) is 33.7 Å². The van der Waals surface area contributed by atoms with Gasteiger partial charge in [-0.25, -0.2) is 4.79 Å². The lowest BCUT2D eigenvalue weighted by Crippen LogP contribution is -2.48. The maximum absolute atomic E-state index is 13.4. The largest absolute Gasteiger partial charge is 0.381 e. The van der Waals surface area contributed by atoms with Crippen LogP contribution in [-0.4, -0.2) is 25.2 Å². The lowest BCUT2D eigenvalue weighted by atomic mass is 9.73. The summed E-state index contributed by atoms with van der Waals surface area (Å²) in [5.41, 5.74) is 6.60. The second-order valence-corrected chi connectivity index (χ2v) is 7.97. The first-order valence-corrected chi connectivity index (χ1v) is 10.1. The molecule has 1 saturated heterocycles. The van der Waals surface area contributed by atoms with Crippen molar-refractivity contribution < 1.29 is 14.3 Å². The van der Waals surface area contributed by atoms with Crippen molar-refractivity contribution in [2.45, 2.75) is 31.2 Å². The van der Waals surface area contributed by atoms with Crippen molar-refractivity contribution in [1.29, 1.82) is 0 Å². The minimum Gasteiger partial charge on any atom is -0.381 e. The third kappa shape index (κ3) is 4.83. The Kier molecular flexibility index (Phi) is 6.67. The minimum atomic E-state index is -0.776. The zero-order valence-electron chi connectivity index (χ0n) is 16.0. The predicted molar refractivity (Wildman–Crippen MR) is 114 cm³/mol. The van der Waals surface area contributed by atoms with Gasteiger partial charge in [0.15, 0.2) is 0 Å². The summed E-state index contributed by atoms with van der Waals surface area (Å²) in [5, 5.41) is 6.63. The highest BCUT2D eigenvalue weighted by molar-refractivity contribution is 6.35. The van der Waals surface area contributed by atoms with Crippen molar-refractivity contribution >= 4 is 40.8 Å². The van der Waals surface area contributed by atoms with Gasteiger partial charge in [0, 0.05) is 28.9 Å². The van der Waals surface area contributed by atoms with Gasteiger partial charge in [-0.15, -0.1) is 0 Å². The number of primary amides is 1. The van der Waals surface area contributed by atoms with Gasteiger partial charge in [0.1, 0.15) is 0 Å². The van der Waals surface area contributed by atoms with Gasteiger partial charge in [-0.3, -0.25) is 4.79 Å². The SMILES string of the molecule is CC(NC(=O)C1(c2ccc(Cl)cc2Cl)CCOCC1)c1ccc(NC(N)=O)cc1. The van der Waals surface area contributed by atoms with Gasteiger partial charge < -0.3 is 21.1 Å². The summed E-state index contributed by atoms with van der Waals surface area (Å²) in [6, 6.07) is 11.5. The molecule has 1 aliphatic heterocycles. The first-order chi connectivity index (χ1) is 13.8. The van der Waals surface area contributed by atoms with E-state index in [1.165, 1.54) is 0 Å². The highest BCUT2D eigenvalue weighted by Gasteiger charge is 2.43. The summed E-state index contributed by atoms with van der Waals surface area (Å²) >= 11 is 12.5. The summed E-state index contributed by atoms with van der Waals surface area (Å²) < 4.78 is 5.50. The molecule has 1 atom stereocenters. The number of urea groups is 1. The number of hydrogen-bond acceptors (Lipinski definition) is 3. The van der Waals surface area contributed by atoms with E-state index in [1.54, 1.807) is 24.3 Å². The number of hydrogen-bond donors (Lipinski definition) is 3. The first-order valence-electron chi connectivity index (χ1n) is 9.32. The van der Waals surface area contributed by atoms with E-state index in [0.29, 0.717) is 41.8 Å². The molecule has 1 unspecified atom stereocenters. The maximum Gasteiger partial charge on any atom is 0.316 e. The third-order valence-corrected chi connectivity index (χ3v) is 5.80. The van der Waals surface area contributed by atoms with Crippen LogP contribution in [0, 0.1) is 0 Å². The molecule has 154 valence electrons. The molecular weight excluding hydrogens is 413 g/mol. The average molecular weight is 436 g/mol. The zero-order chi connectivity index (χ0) is 21.0. The van der Waals surface area contributed by atoms with Crippen LogP contribution >= 0.6 is 23.2 Å². The molecular formula is C21H23Cl2N3O3. The number of carbonyl (C=O) groups is 2. The van der Waals surface area contributed by atoms with Gasteiger partial charge in [-0.2, -0.15) is 0 Å². The molecule has 0 bridgehead atoms. The van der Waals surface area contributed by atoms with Gasteiger partial charge in [0.05, 0.1) is 11.5 Å². The normalized spacial score (nSPS) is 16.7. The van der Waals surface area contributed by atoms with Crippen molar-refractivity contribution in [3.05, 3.63) is 63.6 Å². The van der Waals surface area contributed by atoms with Crippen molar-refractivity contribution in [3.8, 4) is 0 Å². The van der Waals surface area contributed by atoms with Gasteiger partial charge in [0.2, 0.25) is 5.91 Å². The molecule has 0 aliphatic carbocycles. The number of nitrogens with one attached hydrogen (secondary N) is 2. The van der Waals surface area contributed by atoms with Gasteiger partial charge in [-0.1, -0.05) is 41.4 Å². The van der Waals surface area contributed by atoms with Crippen LogP contribution in [0.3, 0.4) is 0 Å². The number of carbonyl (C=O) groups excluding carboxylic acids is 2. The second-order valence-electron chi connectivity index (χ2n) is 7.13. The van der Waals surface area contributed by atoms with Crippen LogP contribution in [0.15, 0.2) is 42.5 Å². The zero-order valence-corrected chi connectivity index (χ0v) is 17.5. The molecule has 3 amide bonds. The standard InChI is InChI=1S/C21H23Cl2N3O3/c1-13(14-2-5-16(6-3-14)26-20(24)28)25-19(27)21(8-10-29-11-9-21)17-7-4-15(22)12-18(17)23/h2-7,12-13H,8-11H2,1H3,(H,25,27)(H3,24,26,28). The van der Waals surface area contributed by atoms with Crippen LogP contribution in [0.1, 0.15) is 36.9 Å². The molecule has 6 nitrogen and oxygen atoms in total. The number of amides is 3. The average Bonchev–Trinajstić information content (AvgIpc) is 2.68. The van der Waals surface area contributed by atoms with Crippen LogP contribution in [0.4, 0.5) is 10.5 Å². The number of halogens is 2. The molecule has 0 spiro atoms. The highest BCUT2D eigenvalue weighted by atomic mass is 35.5. The fourth-order valence-corrected chi connectivity index (χ4v) is 4.22. The molecule has 4 N–H and O–H groups in total. The lowest BCUT2D eigenvalue weighted by Gasteiger charge is -2.37. The molecule has 0 aromatic heterocycles. The topological polar surface area (TPSA) is 93.4 Å². The van der Waals surface area contributed by atoms with E-state index in [0.717, 1.165) is 11.1 Å². The van der Waals surface area contributed by atoms with Crippen molar-refractivity contribution in [2.24, 2.45) is 5.73 Å². The van der Waals surface area contributed by atoms with E-state index >= 15 is 0 Å². The summed E-state index contributed by atoms with van der Waals surface area (Å²) in [6.45, 7) is 2.87. The number of anilines is 1. The van der Waals surface area contributed by atoms with E-state index in [1.807, 2.05) is 25.1 Å². The van der Waals surface area contributed by atoms with E-state index in [2.05, 4.69) is 10.6 Å². The molecule has 2 aromatic rings. The molecule has 8 heteroatoms. The van der Waals surface area contributed by atoms with Crippen LogP contribution in [0.5, 0.6) is 0 Å². The predicted octanol–water partition coefficient (Wildman–Crippen LogP) is 4.41. The Balaban J connectivity index is 1.82. The van der Waals surface area contributed by atoms with E-state index in [-0.39, 0.29) is 11.9 Å². The number of rotatable bonds is 5. The van der Waals surface area contributed by atoms with Crippen LogP contribution < -0.4 is 16.4 Å². The van der Waals surface area contributed by atoms with Crippen molar-refractivity contribution in [1.82, 2.24) is 5.32 Å². The maximum atomic E-state index is 13.4. The Morgan fingerprint density at radius 3 is 2.34 bits per heavy atom. The molecule has 3 rings (SSSR count). The molecule has 1 aliphatic rings. The van der Waals surface area contributed by atoms with Crippen molar-refractivity contribution in [2.75, 3.05) is 18.5 Å². The summed E-state index contributed by atoms with van der Waals surface area (Å²) in [6.07, 6.45) is 1.07. The summed E-state index contributed by atoms with van der Waals surface area (Å²) in [5.74, 6) is -0.100. The molecule has 0 saturated carbocycles. The number of ether oxygens (including phenoxy) is 1. The van der Waals surface area contributed by atoms with Gasteiger partial charge in [-0.05, 0) is 55.2 Å². The van der Waals surface area contributed by atoms with E-state index < -0.39 is 11.4 Å². The van der Waals surface area contributed by atoms with E-state index in [9.17, 15) is 9.59 Å². The molecule has 1 heterocycles. The fourth-order valence-electron chi connectivity index (χ4n) is 3.63. The Morgan fingerprint density at radius 1 is 1.10 bits per heavy atom. The number of benzene rings is 2. The molecule has 2 aromatic carbocycles. The first kappa shape index (κ1) is 21.4. The van der Waals surface area contributed by atoms with Gasteiger partial charge >= 0.3 is 6.03 Å². The Hall–Kier alpha value is -2.28. The lowest BCUT2D eigenvalue weighted by molar-refractivity contribution is -0.131. The quantitative estimate of drug-likeness (QED) is 0.648. The second kappa shape index (κ2) is 9.03. The fraction of sp³-hybridized carbons (Fsp3) is 0.333. The van der Waals surface area contributed by atoms with Crippen molar-refractivity contribution in [3.63, 3.8) is 0 Å². The van der Waals surface area contributed by atoms with Crippen LogP contribution in [-0.2, 0) is 14.9 Å². The minimum absolute atomic E-state index is 0.100. The third-order valence-electron chi connectivity index (χ3n) is 5.25. The summed E-state index contributed by atoms with van der Waals surface area (Å²) in [7, 11) is 0. The number of nitrogens with two attached hydrogens (primary N) is 1. The monoisotopic (exact) mass is 435 g/mol. The highest BCUT2D eigenvalue weighted by Crippen LogP contribution is 2.40. The Bertz CT molecular complexity index is 897. The summed E-state index contributed by atoms with van der Waals surface area (Å²) in [4.78, 5) is 24.4. The molecule has 29 heavy (non-hydrogen) atoms. The Morgan fingerprint density at radius 2 is 1.76 bits per heavy atom. The smallest absolute Gasteiger partial charge is 0.316 e. The Labute approximate surface area is 179 Å². The molecule has 0 radical (unpaired) electrons. The molecule has 1 fully saturated rings. The van der Waals surface area contributed by atoms with Crippen LogP contribution in [0.25, 0.3) is 0 Å². The van der Waals surface area contributed by atoms with Gasteiger partial charge in [0.25, 0.3) is 0 Å². The van der Waals surface area contributed by atoms with Crippen LogP contribution in [0.2, 0.25) is 10.0 Å².